The van der Waals surface area contributed by atoms with Gasteiger partial charge >= 0.3 is 5.97 Å². The lowest BCUT2D eigenvalue weighted by Crippen LogP contribution is -2.06. The van der Waals surface area contributed by atoms with Crippen LogP contribution in [0.4, 0.5) is 15.8 Å². The van der Waals surface area contributed by atoms with E-state index < -0.39 is 17.3 Å². The van der Waals surface area contributed by atoms with Crippen molar-refractivity contribution in [3.8, 4) is 5.75 Å². The highest BCUT2D eigenvalue weighted by Gasteiger charge is 2.16. The molecule has 0 radical (unpaired) electrons. The summed E-state index contributed by atoms with van der Waals surface area (Å²) in [6.07, 6.45) is 0. The van der Waals surface area contributed by atoms with Gasteiger partial charge in [0.1, 0.15) is 17.1 Å². The van der Waals surface area contributed by atoms with Crippen LogP contribution in [0.25, 0.3) is 0 Å². The maximum Gasteiger partial charge on any atom is 0.340 e. The minimum Gasteiger partial charge on any atom is -0.495 e. The van der Waals surface area contributed by atoms with Gasteiger partial charge in [0.25, 0.3) is 0 Å². The Morgan fingerprint density at radius 2 is 1.84 bits per heavy atom. The molecule has 0 saturated carbocycles. The second-order valence-corrected chi connectivity index (χ2v) is 3.79. The SMILES string of the molecule is COc1ccccc1Nc1cccc(F)c1C(=O)O. The molecule has 5 heteroatoms. The summed E-state index contributed by atoms with van der Waals surface area (Å²) >= 11 is 0. The maximum absolute atomic E-state index is 13.5. The second kappa shape index (κ2) is 5.39. The highest BCUT2D eigenvalue weighted by Crippen LogP contribution is 2.29. The molecule has 2 N–H and O–H groups in total. The number of methoxy groups -OCH3 is 1. The average Bonchev–Trinajstić information content (AvgIpc) is 2.39. The number of nitrogens with one attached hydrogen (secondary N) is 1. The average molecular weight is 261 g/mol. The third-order valence-corrected chi connectivity index (χ3v) is 2.60. The standard InChI is InChI=1S/C14H12FNO3/c1-19-12-8-3-2-6-10(12)16-11-7-4-5-9(15)13(11)14(17)18/h2-8,16H,1H3,(H,17,18). The molecule has 0 unspecified atom stereocenters. The maximum atomic E-state index is 13.5. The summed E-state index contributed by atoms with van der Waals surface area (Å²) in [6.45, 7) is 0. The van der Waals surface area contributed by atoms with Gasteiger partial charge in [-0.3, -0.25) is 0 Å². The fourth-order valence-corrected chi connectivity index (χ4v) is 1.74. The molecule has 2 aromatic carbocycles. The Hall–Kier alpha value is -2.56. The Morgan fingerprint density at radius 3 is 2.53 bits per heavy atom. The van der Waals surface area contributed by atoms with Gasteiger partial charge in [0.15, 0.2) is 0 Å². The van der Waals surface area contributed by atoms with Gasteiger partial charge in [-0.15, -0.1) is 0 Å². The zero-order valence-corrected chi connectivity index (χ0v) is 10.2. The normalized spacial score (nSPS) is 10.0. The summed E-state index contributed by atoms with van der Waals surface area (Å²) in [6, 6.07) is 11.0. The van der Waals surface area contributed by atoms with Crippen molar-refractivity contribution in [2.75, 3.05) is 12.4 Å². The summed E-state index contributed by atoms with van der Waals surface area (Å²) in [5.41, 5.74) is 0.350. The van der Waals surface area contributed by atoms with Gasteiger partial charge in [-0.2, -0.15) is 0 Å². The molecule has 4 nitrogen and oxygen atoms in total. The lowest BCUT2D eigenvalue weighted by molar-refractivity contribution is 0.0693. The van der Waals surface area contributed by atoms with Crippen LogP contribution in [0.15, 0.2) is 42.5 Å². The van der Waals surface area contributed by atoms with Crippen LogP contribution in [-0.2, 0) is 0 Å². The number of para-hydroxylation sites is 2. The van der Waals surface area contributed by atoms with E-state index in [-0.39, 0.29) is 5.69 Å². The Bertz CT molecular complexity index is 613. The van der Waals surface area contributed by atoms with E-state index >= 15 is 0 Å². The zero-order chi connectivity index (χ0) is 13.8. The number of carbonyl (C=O) groups is 1. The summed E-state index contributed by atoms with van der Waals surface area (Å²) in [4.78, 5) is 11.1. The molecule has 19 heavy (non-hydrogen) atoms. The largest absolute Gasteiger partial charge is 0.495 e. The number of halogens is 1. The molecule has 98 valence electrons. The number of aromatic carboxylic acids is 1. The predicted molar refractivity (Wildman–Crippen MR) is 69.6 cm³/mol. The first-order valence-electron chi connectivity index (χ1n) is 5.55. The minimum atomic E-state index is -1.32. The third kappa shape index (κ3) is 2.65. The van der Waals surface area contributed by atoms with E-state index in [0.717, 1.165) is 6.07 Å². The zero-order valence-electron chi connectivity index (χ0n) is 10.2. The summed E-state index contributed by atoms with van der Waals surface area (Å²) in [5, 5.41) is 11.9. The minimum absolute atomic E-state index is 0.178. The van der Waals surface area contributed by atoms with E-state index in [0.29, 0.717) is 11.4 Å². The van der Waals surface area contributed by atoms with E-state index in [1.165, 1.54) is 19.2 Å². The monoisotopic (exact) mass is 261 g/mol. The molecule has 0 bridgehead atoms. The van der Waals surface area contributed by atoms with Gasteiger partial charge in [-0.25, -0.2) is 9.18 Å². The fraction of sp³-hybridized carbons (Fsp3) is 0.0714. The van der Waals surface area contributed by atoms with Crippen molar-refractivity contribution in [3.63, 3.8) is 0 Å². The first-order chi connectivity index (χ1) is 9.13. The van der Waals surface area contributed by atoms with Crippen molar-refractivity contribution in [2.45, 2.75) is 0 Å². The quantitative estimate of drug-likeness (QED) is 0.886. The second-order valence-electron chi connectivity index (χ2n) is 3.79. The van der Waals surface area contributed by atoms with Crippen molar-refractivity contribution in [2.24, 2.45) is 0 Å². The number of carboxylic acids is 1. The van der Waals surface area contributed by atoms with Crippen molar-refractivity contribution in [1.29, 1.82) is 0 Å². The topological polar surface area (TPSA) is 58.6 Å². The van der Waals surface area contributed by atoms with Gasteiger partial charge in [-0.1, -0.05) is 18.2 Å². The van der Waals surface area contributed by atoms with Crippen LogP contribution in [0.1, 0.15) is 10.4 Å². The van der Waals surface area contributed by atoms with E-state index in [1.807, 2.05) is 0 Å². The highest BCUT2D eigenvalue weighted by atomic mass is 19.1. The van der Waals surface area contributed by atoms with Crippen LogP contribution in [0.2, 0.25) is 0 Å². The van der Waals surface area contributed by atoms with Gasteiger partial charge in [-0.05, 0) is 24.3 Å². The molecule has 0 aromatic heterocycles. The van der Waals surface area contributed by atoms with E-state index in [4.69, 9.17) is 9.84 Å². The van der Waals surface area contributed by atoms with Crippen molar-refractivity contribution >= 4 is 17.3 Å². The van der Waals surface area contributed by atoms with Crippen molar-refractivity contribution in [1.82, 2.24) is 0 Å². The predicted octanol–water partition coefficient (Wildman–Crippen LogP) is 3.28. The first-order valence-corrected chi connectivity index (χ1v) is 5.55. The molecule has 0 aliphatic rings. The van der Waals surface area contributed by atoms with Crippen LogP contribution in [0, 0.1) is 5.82 Å². The van der Waals surface area contributed by atoms with E-state index in [9.17, 15) is 9.18 Å². The number of anilines is 2. The lowest BCUT2D eigenvalue weighted by atomic mass is 10.1. The molecule has 0 heterocycles. The third-order valence-electron chi connectivity index (χ3n) is 2.60. The van der Waals surface area contributed by atoms with Gasteiger partial charge in [0.2, 0.25) is 0 Å². The molecule has 2 rings (SSSR count). The first kappa shape index (κ1) is 12.9. The number of ether oxygens (including phenoxy) is 1. The van der Waals surface area contributed by atoms with Crippen LogP contribution in [-0.4, -0.2) is 18.2 Å². The van der Waals surface area contributed by atoms with E-state index in [1.54, 1.807) is 24.3 Å². The van der Waals surface area contributed by atoms with Crippen molar-refractivity contribution in [3.05, 3.63) is 53.8 Å². The fourth-order valence-electron chi connectivity index (χ4n) is 1.74. The summed E-state index contributed by atoms with van der Waals surface area (Å²) in [7, 11) is 1.50. The van der Waals surface area contributed by atoms with Gasteiger partial charge < -0.3 is 15.2 Å². The van der Waals surface area contributed by atoms with E-state index in [2.05, 4.69) is 5.32 Å². The Morgan fingerprint density at radius 1 is 1.16 bits per heavy atom. The molecule has 0 aliphatic carbocycles. The molecular formula is C14H12FNO3. The molecular weight excluding hydrogens is 249 g/mol. The molecule has 0 saturated heterocycles. The molecule has 0 spiro atoms. The Labute approximate surface area is 109 Å². The molecule has 0 atom stereocenters. The molecule has 0 fully saturated rings. The molecule has 2 aromatic rings. The van der Waals surface area contributed by atoms with Crippen LogP contribution in [0.5, 0.6) is 5.75 Å². The number of hydrogen-bond acceptors (Lipinski definition) is 3. The number of benzene rings is 2. The van der Waals surface area contributed by atoms with Crippen LogP contribution >= 0.6 is 0 Å². The Balaban J connectivity index is 2.44. The van der Waals surface area contributed by atoms with Gasteiger partial charge in [0, 0.05) is 0 Å². The van der Waals surface area contributed by atoms with Crippen LogP contribution in [0.3, 0.4) is 0 Å². The molecule has 0 amide bonds. The van der Waals surface area contributed by atoms with Crippen LogP contribution < -0.4 is 10.1 Å². The lowest BCUT2D eigenvalue weighted by Gasteiger charge is -2.13. The smallest absolute Gasteiger partial charge is 0.340 e. The highest BCUT2D eigenvalue weighted by molar-refractivity contribution is 5.95. The molecule has 0 aliphatic heterocycles. The summed E-state index contributed by atoms with van der Waals surface area (Å²) < 4.78 is 18.7. The summed E-state index contributed by atoms with van der Waals surface area (Å²) in [5.74, 6) is -1.56. The Kier molecular flexibility index (Phi) is 3.66. The van der Waals surface area contributed by atoms with Crippen molar-refractivity contribution < 1.29 is 19.0 Å². The number of carboxylic acid groups (broad SMARTS) is 1. The number of rotatable bonds is 4. The van der Waals surface area contributed by atoms with Gasteiger partial charge in [0.05, 0.1) is 18.5 Å². The number of hydrogen-bond donors (Lipinski definition) is 2.